The van der Waals surface area contributed by atoms with Gasteiger partial charge in [-0.2, -0.15) is 4.98 Å². The van der Waals surface area contributed by atoms with E-state index in [2.05, 4.69) is 37.5 Å². The number of carbonyl (C=O) groups excluding carboxylic acids is 2. The summed E-state index contributed by atoms with van der Waals surface area (Å²) in [6, 6.07) is 14.6. The lowest BCUT2D eigenvalue weighted by Gasteiger charge is -2.21. The van der Waals surface area contributed by atoms with E-state index in [1.807, 2.05) is 42.2 Å². The molecule has 3 N–H and O–H groups in total. The second-order valence-electron chi connectivity index (χ2n) is 6.48. The molecule has 0 fully saturated rings. The molecule has 0 aliphatic carbocycles. The fraction of sp³-hybridized carbons (Fsp3) is 0.136. The molecule has 0 atom stereocenters. The minimum absolute atomic E-state index is 0.140. The Hall–Kier alpha value is -4.27. The Kier molecular flexibility index (Phi) is 6.89. The van der Waals surface area contributed by atoms with Crippen molar-refractivity contribution in [1.29, 1.82) is 0 Å². The Balaban J connectivity index is 1.82. The van der Waals surface area contributed by atoms with E-state index in [9.17, 15) is 9.59 Å². The Morgan fingerprint density at radius 3 is 2.45 bits per heavy atom. The SMILES string of the molecule is C=CC(=O)Nc1cccc(Nc2ncnc(N(CC)c3cccc(NC(C)=O)c3)n2)c1. The summed E-state index contributed by atoms with van der Waals surface area (Å²) in [5, 5.41) is 8.60. The van der Waals surface area contributed by atoms with Gasteiger partial charge in [-0.15, -0.1) is 0 Å². The predicted octanol–water partition coefficient (Wildman–Crippen LogP) is 3.86. The zero-order chi connectivity index (χ0) is 22.2. The summed E-state index contributed by atoms with van der Waals surface area (Å²) in [4.78, 5) is 37.8. The van der Waals surface area contributed by atoms with Crippen molar-refractivity contribution in [2.45, 2.75) is 13.8 Å². The normalized spacial score (nSPS) is 10.1. The van der Waals surface area contributed by atoms with Crippen LogP contribution in [0.4, 0.5) is 34.6 Å². The van der Waals surface area contributed by atoms with E-state index in [4.69, 9.17) is 0 Å². The number of nitrogens with one attached hydrogen (secondary N) is 3. The van der Waals surface area contributed by atoms with Crippen molar-refractivity contribution in [3.8, 4) is 0 Å². The van der Waals surface area contributed by atoms with Gasteiger partial charge in [-0.05, 0) is 49.4 Å². The zero-order valence-electron chi connectivity index (χ0n) is 17.3. The lowest BCUT2D eigenvalue weighted by atomic mass is 10.2. The number of benzene rings is 2. The Bertz CT molecular complexity index is 1100. The third-order valence-corrected chi connectivity index (χ3v) is 4.17. The fourth-order valence-electron chi connectivity index (χ4n) is 2.87. The van der Waals surface area contributed by atoms with Crippen LogP contribution in [-0.4, -0.2) is 33.3 Å². The van der Waals surface area contributed by atoms with Gasteiger partial charge < -0.3 is 20.9 Å². The number of rotatable bonds is 8. The Morgan fingerprint density at radius 2 is 1.74 bits per heavy atom. The molecule has 0 saturated heterocycles. The maximum atomic E-state index is 11.5. The smallest absolute Gasteiger partial charge is 0.247 e. The van der Waals surface area contributed by atoms with Gasteiger partial charge in [0, 0.05) is 36.2 Å². The van der Waals surface area contributed by atoms with E-state index < -0.39 is 0 Å². The molecule has 0 aliphatic heterocycles. The van der Waals surface area contributed by atoms with Gasteiger partial charge in [-0.25, -0.2) is 9.97 Å². The maximum absolute atomic E-state index is 11.5. The minimum atomic E-state index is -0.292. The largest absolute Gasteiger partial charge is 0.326 e. The minimum Gasteiger partial charge on any atom is -0.326 e. The number of hydrogen-bond donors (Lipinski definition) is 3. The first-order valence-electron chi connectivity index (χ1n) is 9.63. The Morgan fingerprint density at radius 1 is 1.03 bits per heavy atom. The van der Waals surface area contributed by atoms with Gasteiger partial charge in [-0.1, -0.05) is 18.7 Å². The summed E-state index contributed by atoms with van der Waals surface area (Å²) in [5.41, 5.74) is 2.85. The van der Waals surface area contributed by atoms with Crippen molar-refractivity contribution < 1.29 is 9.59 Å². The van der Waals surface area contributed by atoms with E-state index in [1.165, 1.54) is 19.3 Å². The van der Waals surface area contributed by atoms with Crippen LogP contribution in [-0.2, 0) is 9.59 Å². The van der Waals surface area contributed by atoms with Crippen LogP contribution in [0.1, 0.15) is 13.8 Å². The molecule has 31 heavy (non-hydrogen) atoms. The third-order valence-electron chi connectivity index (χ3n) is 4.17. The number of nitrogens with zero attached hydrogens (tertiary/aromatic N) is 4. The second-order valence-corrected chi connectivity index (χ2v) is 6.48. The fourth-order valence-corrected chi connectivity index (χ4v) is 2.87. The highest BCUT2D eigenvalue weighted by Crippen LogP contribution is 2.26. The van der Waals surface area contributed by atoms with Crippen LogP contribution in [0, 0.1) is 0 Å². The van der Waals surface area contributed by atoms with E-state index in [1.54, 1.807) is 18.2 Å². The van der Waals surface area contributed by atoms with Gasteiger partial charge in [0.2, 0.25) is 23.7 Å². The maximum Gasteiger partial charge on any atom is 0.247 e. The predicted molar refractivity (Wildman–Crippen MR) is 122 cm³/mol. The molecule has 1 aromatic heterocycles. The lowest BCUT2D eigenvalue weighted by Crippen LogP contribution is -2.20. The number of hydrogen-bond acceptors (Lipinski definition) is 7. The average Bonchev–Trinajstić information content (AvgIpc) is 2.74. The van der Waals surface area contributed by atoms with E-state index in [0.717, 1.165) is 5.69 Å². The van der Waals surface area contributed by atoms with Crippen LogP contribution < -0.4 is 20.9 Å². The molecular formula is C22H23N7O2. The van der Waals surface area contributed by atoms with E-state index in [0.29, 0.717) is 35.5 Å². The molecule has 0 saturated carbocycles. The standard InChI is InChI=1S/C22H23N7O2/c1-4-20(31)26-16-8-6-9-17(12-16)27-21-23-14-24-22(28-21)29(5-2)19-11-7-10-18(13-19)25-15(3)30/h4,6-14H,1,5H2,2-3H3,(H,25,30)(H,26,31)(H,23,24,27,28). The van der Waals surface area contributed by atoms with Crippen LogP contribution in [0.15, 0.2) is 67.5 Å². The molecule has 158 valence electrons. The molecule has 3 rings (SSSR count). The molecule has 3 aromatic rings. The molecule has 1 heterocycles. The van der Waals surface area contributed by atoms with Crippen molar-refractivity contribution >= 4 is 46.5 Å². The van der Waals surface area contributed by atoms with Crippen molar-refractivity contribution in [3.63, 3.8) is 0 Å². The first-order valence-corrected chi connectivity index (χ1v) is 9.63. The van der Waals surface area contributed by atoms with E-state index in [-0.39, 0.29) is 11.8 Å². The highest BCUT2D eigenvalue weighted by molar-refractivity contribution is 5.99. The summed E-state index contributed by atoms with van der Waals surface area (Å²) in [6.07, 6.45) is 2.63. The number of aromatic nitrogens is 3. The molecule has 0 unspecified atom stereocenters. The first kappa shape index (κ1) is 21.4. The summed E-state index contributed by atoms with van der Waals surface area (Å²) < 4.78 is 0. The topological polar surface area (TPSA) is 112 Å². The Labute approximate surface area is 180 Å². The molecule has 0 spiro atoms. The molecular weight excluding hydrogens is 394 g/mol. The molecule has 2 aromatic carbocycles. The van der Waals surface area contributed by atoms with Crippen LogP contribution in [0.2, 0.25) is 0 Å². The molecule has 0 bridgehead atoms. The summed E-state index contributed by atoms with van der Waals surface area (Å²) in [6.45, 7) is 7.50. The van der Waals surface area contributed by atoms with Crippen molar-refractivity contribution in [2.24, 2.45) is 0 Å². The van der Waals surface area contributed by atoms with Gasteiger partial charge in [-0.3, -0.25) is 9.59 Å². The third kappa shape index (κ3) is 5.86. The molecule has 0 aliphatic rings. The monoisotopic (exact) mass is 417 g/mol. The summed E-state index contributed by atoms with van der Waals surface area (Å²) in [7, 11) is 0. The van der Waals surface area contributed by atoms with Crippen LogP contribution in [0.25, 0.3) is 0 Å². The number of amides is 2. The molecule has 2 amide bonds. The summed E-state index contributed by atoms with van der Waals surface area (Å²) in [5.74, 6) is 0.378. The van der Waals surface area contributed by atoms with Gasteiger partial charge in [0.15, 0.2) is 0 Å². The number of carbonyl (C=O) groups is 2. The molecule has 9 nitrogen and oxygen atoms in total. The summed E-state index contributed by atoms with van der Waals surface area (Å²) >= 11 is 0. The first-order chi connectivity index (χ1) is 15.0. The molecule has 9 heteroatoms. The molecule has 0 radical (unpaired) electrons. The van der Waals surface area contributed by atoms with Crippen LogP contribution in [0.3, 0.4) is 0 Å². The van der Waals surface area contributed by atoms with Crippen LogP contribution >= 0.6 is 0 Å². The number of anilines is 6. The van der Waals surface area contributed by atoms with Crippen LogP contribution in [0.5, 0.6) is 0 Å². The van der Waals surface area contributed by atoms with Crippen molar-refractivity contribution in [1.82, 2.24) is 15.0 Å². The highest BCUT2D eigenvalue weighted by atomic mass is 16.2. The van der Waals surface area contributed by atoms with Gasteiger partial charge in [0.05, 0.1) is 0 Å². The van der Waals surface area contributed by atoms with Gasteiger partial charge in [0.1, 0.15) is 6.33 Å². The van der Waals surface area contributed by atoms with Crippen molar-refractivity contribution in [3.05, 3.63) is 67.5 Å². The highest BCUT2D eigenvalue weighted by Gasteiger charge is 2.13. The van der Waals surface area contributed by atoms with Gasteiger partial charge in [0.25, 0.3) is 0 Å². The lowest BCUT2D eigenvalue weighted by molar-refractivity contribution is -0.114. The van der Waals surface area contributed by atoms with Gasteiger partial charge >= 0.3 is 0 Å². The zero-order valence-corrected chi connectivity index (χ0v) is 17.3. The van der Waals surface area contributed by atoms with E-state index >= 15 is 0 Å². The quantitative estimate of drug-likeness (QED) is 0.477. The average molecular weight is 417 g/mol. The van der Waals surface area contributed by atoms with Crippen molar-refractivity contribution in [2.75, 3.05) is 27.4 Å². The second kappa shape index (κ2) is 9.97.